The van der Waals surface area contributed by atoms with E-state index in [-0.39, 0.29) is 17.2 Å². The first kappa shape index (κ1) is 20.4. The number of para-hydroxylation sites is 1. The highest BCUT2D eigenvalue weighted by Crippen LogP contribution is 2.19. The molecular formula is C21H22ClN3O2S. The normalized spacial score (nSPS) is 11.1. The molecule has 1 N–H and O–H groups in total. The Morgan fingerprint density at radius 1 is 1.18 bits per heavy atom. The Bertz CT molecular complexity index is 1030. The first-order valence-electron chi connectivity index (χ1n) is 9.07. The summed E-state index contributed by atoms with van der Waals surface area (Å²) in [5, 5.41) is 4.71. The standard InChI is InChI=1S/C21H22ClN3O2S/c1-14(2)12-25-20(27)17-5-3-4-6-18(17)24-21(25)28-13-19(26)23-11-15-7-9-16(22)10-8-15/h3-10,14H,11-13H2,1-2H3,(H,23,26). The predicted molar refractivity (Wildman–Crippen MR) is 115 cm³/mol. The molecule has 1 aromatic heterocycles. The fourth-order valence-corrected chi connectivity index (χ4v) is 3.73. The molecule has 0 aliphatic carbocycles. The van der Waals surface area contributed by atoms with E-state index in [9.17, 15) is 9.59 Å². The van der Waals surface area contributed by atoms with Crippen molar-refractivity contribution in [3.63, 3.8) is 0 Å². The minimum atomic E-state index is -0.113. The largest absolute Gasteiger partial charge is 0.351 e. The SMILES string of the molecule is CC(C)Cn1c(SCC(=O)NCc2ccc(Cl)cc2)nc2ccccc2c1=O. The molecule has 3 rings (SSSR count). The van der Waals surface area contributed by atoms with Gasteiger partial charge in [0.1, 0.15) is 0 Å². The van der Waals surface area contributed by atoms with Crippen LogP contribution in [-0.2, 0) is 17.9 Å². The van der Waals surface area contributed by atoms with Crippen molar-refractivity contribution in [3.8, 4) is 0 Å². The Morgan fingerprint density at radius 3 is 2.61 bits per heavy atom. The van der Waals surface area contributed by atoms with Crippen LogP contribution in [0.1, 0.15) is 19.4 Å². The lowest BCUT2D eigenvalue weighted by Gasteiger charge is -2.14. The molecule has 0 bridgehead atoms. The lowest BCUT2D eigenvalue weighted by Crippen LogP contribution is -2.27. The number of thioether (sulfide) groups is 1. The van der Waals surface area contributed by atoms with Gasteiger partial charge < -0.3 is 5.32 Å². The van der Waals surface area contributed by atoms with Crippen LogP contribution >= 0.6 is 23.4 Å². The van der Waals surface area contributed by atoms with Gasteiger partial charge in [-0.15, -0.1) is 0 Å². The molecule has 0 unspecified atom stereocenters. The number of hydrogen-bond acceptors (Lipinski definition) is 4. The van der Waals surface area contributed by atoms with Crippen LogP contribution in [0.2, 0.25) is 5.02 Å². The molecule has 0 radical (unpaired) electrons. The van der Waals surface area contributed by atoms with Gasteiger partial charge >= 0.3 is 0 Å². The van der Waals surface area contributed by atoms with Crippen molar-refractivity contribution in [3.05, 3.63) is 69.5 Å². The number of halogens is 1. The second-order valence-electron chi connectivity index (χ2n) is 6.91. The molecule has 7 heteroatoms. The van der Waals surface area contributed by atoms with Crippen LogP contribution in [0.15, 0.2) is 58.5 Å². The maximum absolute atomic E-state index is 12.9. The van der Waals surface area contributed by atoms with E-state index in [0.29, 0.717) is 40.1 Å². The summed E-state index contributed by atoms with van der Waals surface area (Å²) in [7, 11) is 0. The smallest absolute Gasteiger partial charge is 0.262 e. The number of rotatable bonds is 7. The van der Waals surface area contributed by atoms with E-state index in [1.807, 2.05) is 30.3 Å². The third-order valence-corrected chi connectivity index (χ3v) is 5.34. The predicted octanol–water partition coefficient (Wildman–Crippen LogP) is 4.11. The zero-order valence-corrected chi connectivity index (χ0v) is 17.4. The Hall–Kier alpha value is -2.31. The summed E-state index contributed by atoms with van der Waals surface area (Å²) in [6, 6.07) is 14.6. The molecule has 1 heterocycles. The van der Waals surface area contributed by atoms with Crippen molar-refractivity contribution in [2.75, 3.05) is 5.75 Å². The number of fused-ring (bicyclic) bond motifs is 1. The highest BCUT2D eigenvalue weighted by Gasteiger charge is 2.14. The van der Waals surface area contributed by atoms with Gasteiger partial charge in [-0.25, -0.2) is 4.98 Å². The van der Waals surface area contributed by atoms with Crippen molar-refractivity contribution < 1.29 is 4.79 Å². The summed E-state index contributed by atoms with van der Waals surface area (Å²) < 4.78 is 1.67. The highest BCUT2D eigenvalue weighted by atomic mass is 35.5. The number of amides is 1. The average molecular weight is 416 g/mol. The number of nitrogens with zero attached hydrogens (tertiary/aromatic N) is 2. The molecule has 1 amide bonds. The van der Waals surface area contributed by atoms with Gasteiger partial charge in [0.2, 0.25) is 5.91 Å². The van der Waals surface area contributed by atoms with Crippen LogP contribution < -0.4 is 10.9 Å². The molecule has 146 valence electrons. The molecule has 28 heavy (non-hydrogen) atoms. The molecule has 5 nitrogen and oxygen atoms in total. The van der Waals surface area contributed by atoms with Gasteiger partial charge in [-0.05, 0) is 35.7 Å². The number of nitrogens with one attached hydrogen (secondary N) is 1. The van der Waals surface area contributed by atoms with E-state index in [2.05, 4.69) is 24.1 Å². The number of carbonyl (C=O) groups is 1. The first-order valence-corrected chi connectivity index (χ1v) is 10.4. The number of benzene rings is 2. The summed E-state index contributed by atoms with van der Waals surface area (Å²) in [5.74, 6) is 0.369. The minimum absolute atomic E-state index is 0.0663. The van der Waals surface area contributed by atoms with Gasteiger partial charge in [-0.2, -0.15) is 0 Å². The number of carbonyl (C=O) groups excluding carboxylic acids is 1. The Balaban J connectivity index is 1.72. The lowest BCUT2D eigenvalue weighted by atomic mass is 10.2. The van der Waals surface area contributed by atoms with Crippen LogP contribution in [0.4, 0.5) is 0 Å². The Kier molecular flexibility index (Phi) is 6.75. The van der Waals surface area contributed by atoms with E-state index in [1.54, 1.807) is 22.8 Å². The molecule has 0 fully saturated rings. The summed E-state index contributed by atoms with van der Waals surface area (Å²) in [6.07, 6.45) is 0. The fraction of sp³-hybridized carbons (Fsp3) is 0.286. The maximum atomic E-state index is 12.9. The van der Waals surface area contributed by atoms with E-state index >= 15 is 0 Å². The summed E-state index contributed by atoms with van der Waals surface area (Å²) in [6.45, 7) is 5.09. The molecule has 0 aliphatic heterocycles. The quantitative estimate of drug-likeness (QED) is 0.465. The summed E-state index contributed by atoms with van der Waals surface area (Å²) in [5.41, 5.74) is 1.56. The van der Waals surface area contributed by atoms with E-state index in [4.69, 9.17) is 11.6 Å². The van der Waals surface area contributed by atoms with Crippen LogP contribution in [0, 0.1) is 5.92 Å². The van der Waals surface area contributed by atoms with E-state index < -0.39 is 0 Å². The molecule has 3 aromatic rings. The van der Waals surface area contributed by atoms with Gasteiger partial charge in [0.25, 0.3) is 5.56 Å². The van der Waals surface area contributed by atoms with Crippen molar-refractivity contribution in [1.29, 1.82) is 0 Å². The van der Waals surface area contributed by atoms with E-state index in [0.717, 1.165) is 5.56 Å². The Labute approximate surface area is 173 Å². The third-order valence-electron chi connectivity index (χ3n) is 4.11. The first-order chi connectivity index (χ1) is 13.4. The number of hydrogen-bond donors (Lipinski definition) is 1. The average Bonchev–Trinajstić information content (AvgIpc) is 2.68. The highest BCUT2D eigenvalue weighted by molar-refractivity contribution is 7.99. The topological polar surface area (TPSA) is 64.0 Å². The van der Waals surface area contributed by atoms with Crippen molar-refractivity contribution >= 4 is 40.2 Å². The molecule has 2 aromatic carbocycles. The zero-order valence-electron chi connectivity index (χ0n) is 15.8. The van der Waals surface area contributed by atoms with Gasteiger partial charge in [0.15, 0.2) is 5.16 Å². The second-order valence-corrected chi connectivity index (χ2v) is 8.29. The van der Waals surface area contributed by atoms with E-state index in [1.165, 1.54) is 11.8 Å². The zero-order chi connectivity index (χ0) is 20.1. The van der Waals surface area contributed by atoms with Gasteiger partial charge in [-0.1, -0.05) is 61.5 Å². The molecule has 0 saturated heterocycles. The van der Waals surface area contributed by atoms with Crippen molar-refractivity contribution in [1.82, 2.24) is 14.9 Å². The minimum Gasteiger partial charge on any atom is -0.351 e. The monoisotopic (exact) mass is 415 g/mol. The molecular weight excluding hydrogens is 394 g/mol. The van der Waals surface area contributed by atoms with Crippen LogP contribution in [0.25, 0.3) is 10.9 Å². The third kappa shape index (κ3) is 5.14. The van der Waals surface area contributed by atoms with Crippen LogP contribution in [0.5, 0.6) is 0 Å². The summed E-state index contributed by atoms with van der Waals surface area (Å²) in [4.78, 5) is 29.8. The van der Waals surface area contributed by atoms with Crippen molar-refractivity contribution in [2.24, 2.45) is 5.92 Å². The molecule has 0 atom stereocenters. The maximum Gasteiger partial charge on any atom is 0.262 e. The van der Waals surface area contributed by atoms with Gasteiger partial charge in [0, 0.05) is 18.1 Å². The fourth-order valence-electron chi connectivity index (χ4n) is 2.77. The number of aromatic nitrogens is 2. The van der Waals surface area contributed by atoms with Crippen LogP contribution in [-0.4, -0.2) is 21.2 Å². The molecule has 0 saturated carbocycles. The summed E-state index contributed by atoms with van der Waals surface area (Å²) >= 11 is 7.15. The van der Waals surface area contributed by atoms with Crippen LogP contribution in [0.3, 0.4) is 0 Å². The molecule has 0 aliphatic rings. The lowest BCUT2D eigenvalue weighted by molar-refractivity contribution is -0.118. The molecule has 0 spiro atoms. The van der Waals surface area contributed by atoms with Gasteiger partial charge in [-0.3, -0.25) is 14.2 Å². The van der Waals surface area contributed by atoms with Gasteiger partial charge in [0.05, 0.1) is 16.7 Å². The van der Waals surface area contributed by atoms with Crippen molar-refractivity contribution in [2.45, 2.75) is 32.1 Å². The Morgan fingerprint density at radius 2 is 1.89 bits per heavy atom. The second kappa shape index (κ2) is 9.26.